The van der Waals surface area contributed by atoms with Crippen molar-refractivity contribution < 1.29 is 27.2 Å². The van der Waals surface area contributed by atoms with E-state index < -0.39 is 28.4 Å². The summed E-state index contributed by atoms with van der Waals surface area (Å²) in [5, 5.41) is 0.0617. The van der Waals surface area contributed by atoms with Gasteiger partial charge in [-0.15, -0.1) is 0 Å². The molecule has 11 heteroatoms. The summed E-state index contributed by atoms with van der Waals surface area (Å²) < 4.78 is 67.3. The van der Waals surface area contributed by atoms with E-state index in [0.29, 0.717) is 23.2 Å². The highest BCUT2D eigenvalue weighted by Crippen LogP contribution is 2.22. The first-order valence-electron chi connectivity index (χ1n) is 12.5. The van der Waals surface area contributed by atoms with Crippen molar-refractivity contribution >= 4 is 11.2 Å². The van der Waals surface area contributed by atoms with E-state index in [4.69, 9.17) is 9.47 Å². The highest BCUT2D eigenvalue weighted by Gasteiger charge is 2.20. The van der Waals surface area contributed by atoms with Crippen LogP contribution in [0.4, 0.5) is 13.2 Å². The molecule has 2 aromatic carbocycles. The standard InChI is InChI=1S/C29H28F3N3O4S/c1-18-12-26(22-14-25(32)28(36)35(16-22)15-20-8-9-27(38-3)24(31)13-20)34-29(33-18)40(37)11-10-19(2)39-17-21-6-4-5-7-23(21)30/h4-9,12-14,16,19H,10-11,15,17H2,1-3H3. The third kappa shape index (κ3) is 7.29. The predicted molar refractivity (Wildman–Crippen MR) is 145 cm³/mol. The fraction of sp³-hybridized carbons (Fsp3) is 0.276. The van der Waals surface area contributed by atoms with Crippen LogP contribution in [0.15, 0.2) is 70.7 Å². The van der Waals surface area contributed by atoms with Gasteiger partial charge in [0, 0.05) is 40.6 Å². The van der Waals surface area contributed by atoms with Gasteiger partial charge in [0.25, 0.3) is 5.56 Å². The first kappa shape index (κ1) is 29.3. The number of aryl methyl sites for hydroxylation is 1. The van der Waals surface area contributed by atoms with Gasteiger partial charge in [-0.2, -0.15) is 9.97 Å². The molecule has 4 aromatic rings. The number of pyridine rings is 1. The van der Waals surface area contributed by atoms with E-state index >= 15 is 0 Å². The summed E-state index contributed by atoms with van der Waals surface area (Å²) in [4.78, 5) is 21.1. The van der Waals surface area contributed by atoms with Gasteiger partial charge in [0.15, 0.2) is 17.4 Å². The Hall–Kier alpha value is -3.67. The van der Waals surface area contributed by atoms with Gasteiger partial charge in [0.2, 0.25) is 0 Å². The second kappa shape index (κ2) is 13.1. The number of benzene rings is 2. The number of hydrogen-bond donors (Lipinski definition) is 0. The highest BCUT2D eigenvalue weighted by molar-refractivity contribution is 7.91. The number of ether oxygens (including phenoxy) is 2. The third-order valence-corrected chi connectivity index (χ3v) is 7.33. The Kier molecular flexibility index (Phi) is 9.62. The molecule has 0 saturated carbocycles. The monoisotopic (exact) mass is 571 g/mol. The van der Waals surface area contributed by atoms with Crippen molar-refractivity contribution in [1.82, 2.24) is 14.5 Å². The van der Waals surface area contributed by atoms with Crippen LogP contribution in [0.1, 0.15) is 30.2 Å². The van der Waals surface area contributed by atoms with E-state index in [-0.39, 0.29) is 53.0 Å². The Bertz CT molecular complexity index is 1550. The Morgan fingerprint density at radius 1 is 1.02 bits per heavy atom. The summed E-state index contributed by atoms with van der Waals surface area (Å²) >= 11 is -1.60. The molecule has 2 heterocycles. The predicted octanol–water partition coefficient (Wildman–Crippen LogP) is 5.19. The summed E-state index contributed by atoms with van der Waals surface area (Å²) in [7, 11) is 1.34. The highest BCUT2D eigenvalue weighted by atomic mass is 32.2. The van der Waals surface area contributed by atoms with Crippen LogP contribution in [0.5, 0.6) is 5.75 Å². The Morgan fingerprint density at radius 3 is 2.52 bits per heavy atom. The largest absolute Gasteiger partial charge is 0.609 e. The lowest BCUT2D eigenvalue weighted by Gasteiger charge is -2.15. The maximum atomic E-state index is 14.6. The van der Waals surface area contributed by atoms with Crippen molar-refractivity contribution in [2.75, 3.05) is 12.9 Å². The molecule has 4 rings (SSSR count). The van der Waals surface area contributed by atoms with Crippen molar-refractivity contribution in [2.45, 2.75) is 44.7 Å². The summed E-state index contributed by atoms with van der Waals surface area (Å²) in [5.41, 5.74) is 1.06. The summed E-state index contributed by atoms with van der Waals surface area (Å²) in [6, 6.07) is 13.2. The SMILES string of the molecule is COc1ccc(Cn2cc(-c3cc(C)nc([S+]([O-])CCC(C)OCc4ccccc4F)n3)cc(F)c2=O)cc1F. The van der Waals surface area contributed by atoms with Gasteiger partial charge in [-0.3, -0.25) is 4.79 Å². The number of rotatable bonds is 11. The van der Waals surface area contributed by atoms with Gasteiger partial charge >= 0.3 is 5.16 Å². The molecule has 7 nitrogen and oxygen atoms in total. The molecule has 2 unspecified atom stereocenters. The number of methoxy groups -OCH3 is 1. The molecule has 0 aliphatic heterocycles. The lowest BCUT2D eigenvalue weighted by molar-refractivity contribution is 0.0497. The fourth-order valence-electron chi connectivity index (χ4n) is 3.95. The number of halogens is 3. The molecule has 210 valence electrons. The second-order valence-electron chi connectivity index (χ2n) is 9.21. The van der Waals surface area contributed by atoms with Crippen molar-refractivity contribution in [1.29, 1.82) is 0 Å². The van der Waals surface area contributed by atoms with E-state index in [0.717, 1.165) is 10.6 Å². The summed E-state index contributed by atoms with van der Waals surface area (Å²) in [5.74, 6) is -1.71. The maximum absolute atomic E-state index is 14.6. The van der Waals surface area contributed by atoms with E-state index in [1.165, 1.54) is 31.5 Å². The number of aromatic nitrogens is 3. The quantitative estimate of drug-likeness (QED) is 0.182. The molecular formula is C29H28F3N3O4S. The topological polar surface area (TPSA) is 89.3 Å². The van der Waals surface area contributed by atoms with E-state index in [9.17, 15) is 22.5 Å². The lowest BCUT2D eigenvalue weighted by atomic mass is 10.1. The van der Waals surface area contributed by atoms with E-state index in [1.807, 2.05) is 0 Å². The van der Waals surface area contributed by atoms with Crippen LogP contribution in [-0.4, -0.2) is 38.1 Å². The molecule has 2 atom stereocenters. The zero-order valence-electron chi connectivity index (χ0n) is 22.2. The van der Waals surface area contributed by atoms with Crippen LogP contribution < -0.4 is 10.3 Å². The Labute approximate surface area is 232 Å². The minimum atomic E-state index is -1.60. The number of nitrogens with zero attached hydrogens (tertiary/aromatic N) is 3. The van der Waals surface area contributed by atoms with Gasteiger partial charge in [-0.25, -0.2) is 13.2 Å². The number of hydrogen-bond acceptors (Lipinski definition) is 6. The van der Waals surface area contributed by atoms with E-state index in [1.54, 1.807) is 44.2 Å². The molecule has 0 spiro atoms. The Morgan fingerprint density at radius 2 is 1.80 bits per heavy atom. The van der Waals surface area contributed by atoms with Gasteiger partial charge < -0.3 is 18.6 Å². The molecule has 2 aromatic heterocycles. The van der Waals surface area contributed by atoms with Crippen molar-refractivity contribution in [3.05, 3.63) is 105 Å². The smallest absolute Gasteiger partial charge is 0.343 e. The first-order valence-corrected chi connectivity index (χ1v) is 13.8. The zero-order valence-corrected chi connectivity index (χ0v) is 23.0. The average Bonchev–Trinajstić information content (AvgIpc) is 2.93. The van der Waals surface area contributed by atoms with Crippen LogP contribution in [0.25, 0.3) is 11.3 Å². The molecule has 0 aliphatic rings. The van der Waals surface area contributed by atoms with Crippen LogP contribution in [-0.2, 0) is 29.1 Å². The maximum Gasteiger partial charge on any atom is 0.343 e. The molecule has 0 radical (unpaired) electrons. The average molecular weight is 572 g/mol. The van der Waals surface area contributed by atoms with Crippen LogP contribution >= 0.6 is 0 Å². The molecule has 0 saturated heterocycles. The lowest BCUT2D eigenvalue weighted by Crippen LogP contribution is -2.23. The van der Waals surface area contributed by atoms with Crippen molar-refractivity contribution in [3.8, 4) is 17.0 Å². The van der Waals surface area contributed by atoms with Crippen LogP contribution in [0.2, 0.25) is 0 Å². The van der Waals surface area contributed by atoms with E-state index in [2.05, 4.69) is 9.97 Å². The van der Waals surface area contributed by atoms with Crippen molar-refractivity contribution in [2.24, 2.45) is 0 Å². The third-order valence-electron chi connectivity index (χ3n) is 6.14. The van der Waals surface area contributed by atoms with Crippen LogP contribution in [0, 0.1) is 24.4 Å². The van der Waals surface area contributed by atoms with Crippen molar-refractivity contribution in [3.63, 3.8) is 0 Å². The zero-order chi connectivity index (χ0) is 28.8. The molecule has 40 heavy (non-hydrogen) atoms. The first-order chi connectivity index (χ1) is 19.1. The van der Waals surface area contributed by atoms with Gasteiger partial charge in [0.05, 0.1) is 32.1 Å². The Balaban J connectivity index is 1.48. The molecule has 0 N–H and O–H groups in total. The van der Waals surface area contributed by atoms with Gasteiger partial charge in [0.1, 0.15) is 11.6 Å². The molecule has 0 aliphatic carbocycles. The van der Waals surface area contributed by atoms with Gasteiger partial charge in [-0.1, -0.05) is 24.3 Å². The minimum Gasteiger partial charge on any atom is -0.609 e. The molecular weight excluding hydrogens is 543 g/mol. The molecule has 0 bridgehead atoms. The second-order valence-corrected chi connectivity index (χ2v) is 10.7. The molecule has 0 fully saturated rings. The minimum absolute atomic E-state index is 0.0547. The summed E-state index contributed by atoms with van der Waals surface area (Å²) in [6.45, 7) is 3.51. The molecule has 0 amide bonds. The summed E-state index contributed by atoms with van der Waals surface area (Å²) in [6.07, 6.45) is 1.53. The van der Waals surface area contributed by atoms with Crippen LogP contribution in [0.3, 0.4) is 0 Å². The normalized spacial score (nSPS) is 12.8. The van der Waals surface area contributed by atoms with Gasteiger partial charge in [-0.05, 0) is 49.7 Å². The fourth-order valence-corrected chi connectivity index (χ4v) is 5.12.